The van der Waals surface area contributed by atoms with Crippen LogP contribution in [-0.4, -0.2) is 73.6 Å². The Bertz CT molecular complexity index is 757. The van der Waals surface area contributed by atoms with Gasteiger partial charge in [-0.2, -0.15) is 0 Å². The molecule has 2 heterocycles. The Hall–Kier alpha value is -2.15. The van der Waals surface area contributed by atoms with E-state index >= 15 is 0 Å². The summed E-state index contributed by atoms with van der Waals surface area (Å²) in [6, 6.07) is 14.6. The Morgan fingerprint density at radius 1 is 0.967 bits per heavy atom. The highest BCUT2D eigenvalue weighted by Crippen LogP contribution is 2.08. The van der Waals surface area contributed by atoms with Crippen LogP contribution in [0.5, 0.6) is 0 Å². The molecule has 0 saturated carbocycles. The summed E-state index contributed by atoms with van der Waals surface area (Å²) in [5.41, 5.74) is 2.56. The van der Waals surface area contributed by atoms with E-state index in [0.717, 1.165) is 76.7 Å². The molecule has 2 N–H and O–H groups in total. The number of nitrogens with zero attached hydrogens (tertiary/aromatic N) is 4. The zero-order valence-corrected chi connectivity index (χ0v) is 18.6. The van der Waals surface area contributed by atoms with E-state index in [9.17, 15) is 0 Å². The van der Waals surface area contributed by atoms with Crippen LogP contribution in [0.15, 0.2) is 53.7 Å². The van der Waals surface area contributed by atoms with E-state index in [0.29, 0.717) is 5.15 Å². The van der Waals surface area contributed by atoms with Crippen molar-refractivity contribution in [2.45, 2.75) is 19.4 Å². The first-order valence-corrected chi connectivity index (χ1v) is 11.1. The van der Waals surface area contributed by atoms with Crippen LogP contribution in [0.2, 0.25) is 5.15 Å². The minimum atomic E-state index is 0.529. The van der Waals surface area contributed by atoms with Crippen LogP contribution in [0.3, 0.4) is 0 Å². The first-order valence-electron chi connectivity index (χ1n) is 10.8. The number of hydrogen-bond acceptors (Lipinski definition) is 4. The smallest absolute Gasteiger partial charge is 0.190 e. The molecule has 0 amide bonds. The van der Waals surface area contributed by atoms with Gasteiger partial charge in [0.2, 0.25) is 0 Å². The number of guanidine groups is 1. The van der Waals surface area contributed by atoms with Gasteiger partial charge < -0.3 is 15.5 Å². The van der Waals surface area contributed by atoms with E-state index in [1.165, 1.54) is 5.56 Å². The number of aliphatic imine (C=N–C) groups is 1. The molecule has 1 saturated heterocycles. The van der Waals surface area contributed by atoms with E-state index in [2.05, 4.69) is 60.7 Å². The summed E-state index contributed by atoms with van der Waals surface area (Å²) >= 11 is 5.82. The van der Waals surface area contributed by atoms with Crippen molar-refractivity contribution in [3.05, 3.63) is 64.9 Å². The first-order chi connectivity index (χ1) is 14.7. The average molecular weight is 429 g/mol. The van der Waals surface area contributed by atoms with E-state index < -0.39 is 0 Å². The summed E-state index contributed by atoms with van der Waals surface area (Å²) in [5, 5.41) is 7.30. The molecular weight excluding hydrogens is 396 g/mol. The lowest BCUT2D eigenvalue weighted by atomic mass is 10.2. The normalized spacial score (nSPS) is 15.9. The lowest BCUT2D eigenvalue weighted by molar-refractivity contribution is 0.126. The van der Waals surface area contributed by atoms with Crippen LogP contribution in [-0.2, 0) is 13.0 Å². The van der Waals surface area contributed by atoms with E-state index in [1.54, 1.807) is 0 Å². The van der Waals surface area contributed by atoms with Crippen molar-refractivity contribution in [1.82, 2.24) is 25.4 Å². The molecule has 0 atom stereocenters. The number of nitrogens with one attached hydrogen (secondary N) is 2. The molecule has 7 heteroatoms. The van der Waals surface area contributed by atoms with Gasteiger partial charge in [-0.3, -0.25) is 9.89 Å². The first kappa shape index (κ1) is 22.5. The average Bonchev–Trinajstić information content (AvgIpc) is 2.78. The number of aromatic nitrogens is 1. The van der Waals surface area contributed by atoms with Crippen molar-refractivity contribution in [2.24, 2.45) is 4.99 Å². The molecule has 30 heavy (non-hydrogen) atoms. The molecule has 0 aliphatic carbocycles. The van der Waals surface area contributed by atoms with Crippen molar-refractivity contribution in [2.75, 3.05) is 52.9 Å². The summed E-state index contributed by atoms with van der Waals surface area (Å²) < 4.78 is 0. The molecule has 1 aliphatic rings. The maximum Gasteiger partial charge on any atom is 0.190 e. The second-order valence-corrected chi connectivity index (χ2v) is 8.01. The molecule has 2 aromatic rings. The van der Waals surface area contributed by atoms with Gasteiger partial charge in [-0.15, -0.1) is 0 Å². The molecule has 1 fully saturated rings. The highest BCUT2D eigenvalue weighted by Gasteiger charge is 2.16. The van der Waals surface area contributed by atoms with Crippen molar-refractivity contribution >= 4 is 17.6 Å². The lowest BCUT2D eigenvalue weighted by Gasteiger charge is -2.34. The van der Waals surface area contributed by atoms with Crippen LogP contribution in [0.25, 0.3) is 0 Å². The van der Waals surface area contributed by atoms with Gasteiger partial charge in [-0.05, 0) is 36.6 Å². The van der Waals surface area contributed by atoms with Crippen LogP contribution in [0, 0.1) is 0 Å². The number of benzene rings is 1. The van der Waals surface area contributed by atoms with Gasteiger partial charge >= 0.3 is 0 Å². The van der Waals surface area contributed by atoms with Crippen LogP contribution in [0.1, 0.15) is 17.5 Å². The van der Waals surface area contributed by atoms with Gasteiger partial charge in [0.05, 0.1) is 0 Å². The number of halogens is 1. The topological polar surface area (TPSA) is 55.8 Å². The highest BCUT2D eigenvalue weighted by molar-refractivity contribution is 6.29. The Morgan fingerprint density at radius 2 is 1.70 bits per heavy atom. The van der Waals surface area contributed by atoms with Crippen LogP contribution in [0.4, 0.5) is 0 Å². The summed E-state index contributed by atoms with van der Waals surface area (Å²) in [7, 11) is 1.81. The summed E-state index contributed by atoms with van der Waals surface area (Å²) in [5.74, 6) is 0.851. The standard InChI is InChI=1S/C23H33ClN6/c1-25-23(27-12-10-20-8-9-22(24)28-18-20)26-11-5-13-29-14-16-30(17-15-29)19-21-6-3-2-4-7-21/h2-4,6-9,18H,5,10-17,19H2,1H3,(H2,25,26,27). The van der Waals surface area contributed by atoms with Gasteiger partial charge in [0, 0.05) is 59.1 Å². The third-order valence-corrected chi connectivity index (χ3v) is 5.60. The molecule has 1 aliphatic heterocycles. The monoisotopic (exact) mass is 428 g/mol. The predicted octanol–water partition coefficient (Wildman–Crippen LogP) is 2.65. The Labute approximate surface area is 185 Å². The van der Waals surface area contributed by atoms with Gasteiger partial charge in [0.1, 0.15) is 5.15 Å². The minimum absolute atomic E-state index is 0.529. The molecule has 0 unspecified atom stereocenters. The molecule has 1 aromatic carbocycles. The Morgan fingerprint density at radius 3 is 2.40 bits per heavy atom. The molecular formula is C23H33ClN6. The number of rotatable bonds is 9. The quantitative estimate of drug-likeness (QED) is 0.278. The number of piperazine rings is 1. The van der Waals surface area contributed by atoms with Gasteiger partial charge in [0.25, 0.3) is 0 Å². The van der Waals surface area contributed by atoms with Crippen LogP contribution < -0.4 is 10.6 Å². The maximum atomic E-state index is 5.82. The Kier molecular flexibility index (Phi) is 9.41. The number of hydrogen-bond donors (Lipinski definition) is 2. The molecule has 162 valence electrons. The van der Waals surface area contributed by atoms with E-state index in [4.69, 9.17) is 11.6 Å². The zero-order valence-electron chi connectivity index (χ0n) is 17.9. The van der Waals surface area contributed by atoms with Crippen molar-refractivity contribution < 1.29 is 0 Å². The van der Waals surface area contributed by atoms with Crippen molar-refractivity contribution in [1.29, 1.82) is 0 Å². The predicted molar refractivity (Wildman–Crippen MR) is 125 cm³/mol. The van der Waals surface area contributed by atoms with E-state index in [-0.39, 0.29) is 0 Å². The van der Waals surface area contributed by atoms with E-state index in [1.807, 2.05) is 25.4 Å². The van der Waals surface area contributed by atoms with Gasteiger partial charge in [-0.1, -0.05) is 48.0 Å². The molecule has 3 rings (SSSR count). The highest BCUT2D eigenvalue weighted by atomic mass is 35.5. The summed E-state index contributed by atoms with van der Waals surface area (Å²) in [6.07, 6.45) is 3.82. The lowest BCUT2D eigenvalue weighted by Crippen LogP contribution is -2.46. The maximum absolute atomic E-state index is 5.82. The summed E-state index contributed by atoms with van der Waals surface area (Å²) in [6.45, 7) is 8.50. The minimum Gasteiger partial charge on any atom is -0.356 e. The largest absolute Gasteiger partial charge is 0.356 e. The molecule has 0 bridgehead atoms. The zero-order chi connectivity index (χ0) is 21.0. The fourth-order valence-electron chi connectivity index (χ4n) is 3.62. The SMILES string of the molecule is CN=C(NCCCN1CCN(Cc2ccccc2)CC1)NCCc1ccc(Cl)nc1. The second-order valence-electron chi connectivity index (χ2n) is 7.62. The third kappa shape index (κ3) is 7.94. The van der Waals surface area contributed by atoms with Crippen molar-refractivity contribution in [3.63, 3.8) is 0 Å². The van der Waals surface area contributed by atoms with Gasteiger partial charge in [-0.25, -0.2) is 4.98 Å². The second kappa shape index (κ2) is 12.5. The Balaban J connectivity index is 1.25. The number of pyridine rings is 1. The van der Waals surface area contributed by atoms with Crippen LogP contribution >= 0.6 is 11.6 Å². The van der Waals surface area contributed by atoms with Crippen molar-refractivity contribution in [3.8, 4) is 0 Å². The molecule has 0 radical (unpaired) electrons. The molecule has 6 nitrogen and oxygen atoms in total. The van der Waals surface area contributed by atoms with Gasteiger partial charge in [0.15, 0.2) is 5.96 Å². The fraction of sp³-hybridized carbons (Fsp3) is 0.478. The molecule has 0 spiro atoms. The third-order valence-electron chi connectivity index (χ3n) is 5.38. The molecule has 1 aromatic heterocycles. The summed E-state index contributed by atoms with van der Waals surface area (Å²) in [4.78, 5) is 13.5. The fourth-order valence-corrected chi connectivity index (χ4v) is 3.73.